The summed E-state index contributed by atoms with van der Waals surface area (Å²) in [6.07, 6.45) is -4.63. The summed E-state index contributed by atoms with van der Waals surface area (Å²) in [6.45, 7) is 2.87. The van der Waals surface area contributed by atoms with Crippen molar-refractivity contribution in [2.75, 3.05) is 17.1 Å². The molecule has 1 amide bonds. The number of hydrogen-bond acceptors (Lipinski definition) is 6. The Morgan fingerprint density at radius 3 is 2.50 bits per heavy atom. The minimum Gasteiger partial charge on any atom is -0.495 e. The van der Waals surface area contributed by atoms with Crippen molar-refractivity contribution < 1.29 is 35.6 Å². The number of ether oxygens (including phenoxy) is 1. The number of nitrogens with one attached hydrogen (secondary N) is 2. The Balaban J connectivity index is 2.06. The van der Waals surface area contributed by atoms with E-state index in [0.29, 0.717) is 22.9 Å². The average molecular weight is 469 g/mol. The molecule has 1 aromatic heterocycles. The number of nitrogens with zero attached hydrogens (tertiary/aromatic N) is 1. The van der Waals surface area contributed by atoms with Crippen molar-refractivity contribution in [3.05, 3.63) is 53.7 Å². The van der Waals surface area contributed by atoms with Gasteiger partial charge in [-0.25, -0.2) is 8.42 Å². The number of methoxy groups -OCH3 is 1. The molecule has 3 aromatic rings. The molecule has 0 aliphatic heterocycles. The molecule has 0 saturated carbocycles. The van der Waals surface area contributed by atoms with Crippen LogP contribution in [0.2, 0.25) is 0 Å². The van der Waals surface area contributed by atoms with E-state index in [-0.39, 0.29) is 22.2 Å². The third-order valence-electron chi connectivity index (χ3n) is 4.34. The van der Waals surface area contributed by atoms with Crippen molar-refractivity contribution in [3.8, 4) is 16.9 Å². The summed E-state index contributed by atoms with van der Waals surface area (Å²) in [5.41, 5.74) is -0.213. The molecule has 0 unspecified atom stereocenters. The molecular formula is C20H18F3N3O5S. The van der Waals surface area contributed by atoms with E-state index in [0.717, 1.165) is 12.1 Å². The minimum atomic E-state index is -4.63. The smallest absolute Gasteiger partial charge is 0.416 e. The lowest BCUT2D eigenvalue weighted by molar-refractivity contribution is -0.137. The molecule has 0 spiro atoms. The minimum absolute atomic E-state index is 0.0225. The number of alkyl halides is 3. The van der Waals surface area contributed by atoms with Gasteiger partial charge < -0.3 is 9.26 Å². The van der Waals surface area contributed by atoms with E-state index in [2.05, 4.69) is 15.2 Å². The van der Waals surface area contributed by atoms with Gasteiger partial charge in [0.05, 0.1) is 23.9 Å². The second-order valence-corrected chi connectivity index (χ2v) is 8.35. The van der Waals surface area contributed by atoms with Crippen molar-refractivity contribution in [1.29, 1.82) is 0 Å². The number of halogens is 3. The molecule has 1 heterocycles. The first-order valence-electron chi connectivity index (χ1n) is 9.04. The fourth-order valence-corrected chi connectivity index (χ4v) is 4.21. The van der Waals surface area contributed by atoms with Crippen LogP contribution in [0.5, 0.6) is 5.75 Å². The molecular weight excluding hydrogens is 451 g/mol. The number of hydrogen-bond donors (Lipinski definition) is 2. The molecule has 0 bridgehead atoms. The number of sulfonamides is 1. The monoisotopic (exact) mass is 469 g/mol. The molecule has 2 aromatic carbocycles. The molecule has 8 nitrogen and oxygen atoms in total. The molecule has 0 aliphatic rings. The van der Waals surface area contributed by atoms with Gasteiger partial charge in [-0.3, -0.25) is 14.8 Å². The topological polar surface area (TPSA) is 111 Å². The van der Waals surface area contributed by atoms with Gasteiger partial charge in [0.15, 0.2) is 0 Å². The second-order valence-electron chi connectivity index (χ2n) is 6.70. The van der Waals surface area contributed by atoms with Crippen molar-refractivity contribution in [1.82, 2.24) is 5.16 Å². The number of aromatic nitrogens is 1. The number of rotatable bonds is 6. The lowest BCUT2D eigenvalue weighted by atomic mass is 10.1. The largest absolute Gasteiger partial charge is 0.495 e. The molecule has 2 N–H and O–H groups in total. The van der Waals surface area contributed by atoms with E-state index < -0.39 is 27.7 Å². The molecule has 0 atom stereocenters. The van der Waals surface area contributed by atoms with Crippen molar-refractivity contribution >= 4 is 27.5 Å². The fourth-order valence-electron chi connectivity index (χ4n) is 2.97. The molecule has 170 valence electrons. The lowest BCUT2D eigenvalue weighted by Gasteiger charge is -2.14. The van der Waals surface area contributed by atoms with Gasteiger partial charge in [-0.2, -0.15) is 13.2 Å². The van der Waals surface area contributed by atoms with Gasteiger partial charge in [-0.1, -0.05) is 17.3 Å². The molecule has 3 rings (SSSR count). The number of aryl methyl sites for hydroxylation is 1. The normalized spacial score (nSPS) is 11.8. The van der Waals surface area contributed by atoms with Crippen molar-refractivity contribution in [2.45, 2.75) is 24.9 Å². The fraction of sp³-hybridized carbons (Fsp3) is 0.200. The molecule has 0 saturated heterocycles. The van der Waals surface area contributed by atoms with E-state index in [4.69, 9.17) is 9.26 Å². The Morgan fingerprint density at radius 2 is 1.88 bits per heavy atom. The van der Waals surface area contributed by atoms with Crippen molar-refractivity contribution in [3.63, 3.8) is 0 Å². The van der Waals surface area contributed by atoms with E-state index >= 15 is 0 Å². The van der Waals surface area contributed by atoms with E-state index in [1.54, 1.807) is 6.92 Å². The molecule has 0 fully saturated rings. The maximum Gasteiger partial charge on any atom is 0.416 e. The maximum absolute atomic E-state index is 13.0. The van der Waals surface area contributed by atoms with Crippen LogP contribution in [0.25, 0.3) is 11.1 Å². The Bertz CT molecular complexity index is 1270. The summed E-state index contributed by atoms with van der Waals surface area (Å²) in [5.74, 6) is -0.437. The second kappa shape index (κ2) is 8.54. The summed E-state index contributed by atoms with van der Waals surface area (Å²) < 4.78 is 77.4. The maximum atomic E-state index is 13.0. The van der Waals surface area contributed by atoms with Crippen LogP contribution >= 0.6 is 0 Å². The first-order chi connectivity index (χ1) is 14.9. The van der Waals surface area contributed by atoms with E-state index in [1.165, 1.54) is 38.3 Å². The SMILES string of the molecule is COc1ccc(-c2c(C)noc2NC(C)=O)cc1S(=O)(=O)Nc1cccc(C(F)(F)F)c1. The predicted molar refractivity (Wildman–Crippen MR) is 110 cm³/mol. The van der Waals surface area contributed by atoms with Gasteiger partial charge in [0.1, 0.15) is 10.6 Å². The van der Waals surface area contributed by atoms with Crippen LogP contribution in [0, 0.1) is 6.92 Å². The van der Waals surface area contributed by atoms with Crippen LogP contribution in [-0.4, -0.2) is 26.6 Å². The average Bonchev–Trinajstić information content (AvgIpc) is 3.06. The standard InChI is InChI=1S/C20H18F3N3O5S/c1-11-18(19(31-25-11)24-12(2)27)13-7-8-16(30-3)17(9-13)32(28,29)26-15-6-4-5-14(10-15)20(21,22)23/h4-10,26H,1-3H3,(H,24,27). The summed E-state index contributed by atoms with van der Waals surface area (Å²) in [4.78, 5) is 11.1. The third kappa shape index (κ3) is 4.85. The Morgan fingerprint density at radius 1 is 1.16 bits per heavy atom. The summed E-state index contributed by atoms with van der Waals surface area (Å²) in [7, 11) is -3.11. The number of carbonyl (C=O) groups excluding carboxylic acids is 1. The van der Waals surface area contributed by atoms with Gasteiger partial charge in [0, 0.05) is 12.6 Å². The zero-order chi connectivity index (χ0) is 23.7. The van der Waals surface area contributed by atoms with E-state index in [1.807, 2.05) is 0 Å². The van der Waals surface area contributed by atoms with Gasteiger partial charge in [0.2, 0.25) is 11.8 Å². The molecule has 32 heavy (non-hydrogen) atoms. The Labute approximate surface area is 181 Å². The zero-order valence-corrected chi connectivity index (χ0v) is 17.9. The Kier molecular flexibility index (Phi) is 6.17. The lowest BCUT2D eigenvalue weighted by Crippen LogP contribution is -2.15. The Hall–Kier alpha value is -3.54. The summed E-state index contributed by atoms with van der Waals surface area (Å²) in [5, 5.41) is 6.26. The zero-order valence-electron chi connectivity index (χ0n) is 17.1. The number of anilines is 2. The van der Waals surface area contributed by atoms with Gasteiger partial charge >= 0.3 is 6.18 Å². The van der Waals surface area contributed by atoms with Crippen LogP contribution < -0.4 is 14.8 Å². The van der Waals surface area contributed by atoms with Crippen LogP contribution in [0.4, 0.5) is 24.7 Å². The summed E-state index contributed by atoms with van der Waals surface area (Å²) >= 11 is 0. The van der Waals surface area contributed by atoms with Gasteiger partial charge in [-0.15, -0.1) is 0 Å². The summed E-state index contributed by atoms with van der Waals surface area (Å²) in [6, 6.07) is 7.97. The van der Waals surface area contributed by atoms with Gasteiger partial charge in [0.25, 0.3) is 10.0 Å². The highest BCUT2D eigenvalue weighted by Gasteiger charge is 2.31. The molecule has 0 radical (unpaired) electrons. The molecule has 0 aliphatic carbocycles. The predicted octanol–water partition coefficient (Wildman–Crippen LogP) is 4.44. The van der Waals surface area contributed by atoms with Crippen LogP contribution in [0.3, 0.4) is 0 Å². The highest BCUT2D eigenvalue weighted by Crippen LogP contribution is 2.37. The first kappa shape index (κ1) is 23.1. The van der Waals surface area contributed by atoms with E-state index in [9.17, 15) is 26.4 Å². The third-order valence-corrected chi connectivity index (χ3v) is 5.74. The van der Waals surface area contributed by atoms with Crippen LogP contribution in [-0.2, 0) is 21.0 Å². The first-order valence-corrected chi connectivity index (χ1v) is 10.5. The molecule has 12 heteroatoms. The van der Waals surface area contributed by atoms with Gasteiger partial charge in [-0.05, 0) is 42.8 Å². The number of benzene rings is 2. The van der Waals surface area contributed by atoms with Crippen LogP contribution in [0.15, 0.2) is 51.9 Å². The highest BCUT2D eigenvalue weighted by atomic mass is 32.2. The number of carbonyl (C=O) groups is 1. The quantitative estimate of drug-likeness (QED) is 0.552. The highest BCUT2D eigenvalue weighted by molar-refractivity contribution is 7.92. The number of amides is 1. The van der Waals surface area contributed by atoms with Crippen molar-refractivity contribution in [2.24, 2.45) is 0 Å². The van der Waals surface area contributed by atoms with Crippen LogP contribution in [0.1, 0.15) is 18.2 Å².